The van der Waals surface area contributed by atoms with Crippen LogP contribution in [-0.4, -0.2) is 26.5 Å². The van der Waals surface area contributed by atoms with Crippen LogP contribution in [0.15, 0.2) is 54.6 Å². The smallest absolute Gasteiger partial charge is 0.411 e. The van der Waals surface area contributed by atoms with Gasteiger partial charge in [0.1, 0.15) is 11.4 Å². The monoisotopic (exact) mass is 432 g/mol. The highest BCUT2D eigenvalue weighted by atomic mass is 32.2. The Morgan fingerprint density at radius 3 is 2.33 bits per heavy atom. The van der Waals surface area contributed by atoms with Gasteiger partial charge in [-0.05, 0) is 51.0 Å². The fourth-order valence-corrected chi connectivity index (χ4v) is 3.58. The zero-order valence-corrected chi connectivity index (χ0v) is 18.4. The van der Waals surface area contributed by atoms with Crippen LogP contribution in [0.25, 0.3) is 0 Å². The zero-order chi connectivity index (χ0) is 22.4. The first kappa shape index (κ1) is 23.7. The van der Waals surface area contributed by atoms with Gasteiger partial charge in [0.25, 0.3) is 0 Å². The Kier molecular flexibility index (Phi) is 7.89. The highest BCUT2D eigenvalue weighted by molar-refractivity contribution is 7.90. The van der Waals surface area contributed by atoms with Crippen molar-refractivity contribution in [2.45, 2.75) is 51.0 Å². The summed E-state index contributed by atoms with van der Waals surface area (Å²) in [7, 11) is 0. The van der Waals surface area contributed by atoms with Crippen molar-refractivity contribution in [1.82, 2.24) is 4.72 Å². The van der Waals surface area contributed by atoms with E-state index in [-0.39, 0.29) is 13.0 Å². The summed E-state index contributed by atoms with van der Waals surface area (Å²) in [6.45, 7) is 7.22. The molecule has 3 N–H and O–H groups in total. The van der Waals surface area contributed by atoms with Crippen molar-refractivity contribution in [2.75, 3.05) is 5.32 Å². The largest absolute Gasteiger partial charge is 0.598 e. The minimum atomic E-state index is -1.49. The maximum atomic E-state index is 12.6. The Balaban J connectivity index is 2.14. The quantitative estimate of drug-likeness (QED) is 0.540. The number of nitrogens with one attached hydrogen (secondary N) is 2. The molecular formula is C22H28N2O5S. The molecule has 0 aliphatic heterocycles. The van der Waals surface area contributed by atoms with Gasteiger partial charge >= 0.3 is 12.1 Å². The number of carboxylic acid groups (broad SMARTS) is 1. The molecule has 0 saturated carbocycles. The molecule has 0 saturated heterocycles. The second-order valence-electron chi connectivity index (χ2n) is 8.15. The van der Waals surface area contributed by atoms with Crippen LogP contribution < -0.4 is 10.0 Å². The Labute approximate surface area is 180 Å². The number of amides is 1. The first-order valence-corrected chi connectivity index (χ1v) is 10.6. The molecule has 0 aliphatic rings. The Morgan fingerprint density at radius 1 is 1.07 bits per heavy atom. The van der Waals surface area contributed by atoms with Gasteiger partial charge < -0.3 is 14.4 Å². The van der Waals surface area contributed by atoms with E-state index in [9.17, 15) is 19.2 Å². The topological polar surface area (TPSA) is 111 Å². The third-order valence-electron chi connectivity index (χ3n) is 4.34. The number of aliphatic carboxylic acids is 1. The molecule has 2 aromatic rings. The molecule has 2 atom stereocenters. The molecule has 0 fully saturated rings. The third kappa shape index (κ3) is 7.05. The summed E-state index contributed by atoms with van der Waals surface area (Å²) in [4.78, 5) is 23.6. The minimum Gasteiger partial charge on any atom is -0.598 e. The molecule has 0 unspecified atom stereocenters. The zero-order valence-electron chi connectivity index (χ0n) is 17.6. The maximum Gasteiger partial charge on any atom is 0.411 e. The van der Waals surface area contributed by atoms with Gasteiger partial charge in [-0.15, -0.1) is 4.72 Å². The van der Waals surface area contributed by atoms with E-state index >= 15 is 0 Å². The average molecular weight is 433 g/mol. The van der Waals surface area contributed by atoms with E-state index in [1.807, 2.05) is 30.3 Å². The van der Waals surface area contributed by atoms with Crippen LogP contribution in [-0.2, 0) is 33.0 Å². The molecule has 162 valence electrons. The van der Waals surface area contributed by atoms with Crippen molar-refractivity contribution in [3.05, 3.63) is 65.7 Å². The summed E-state index contributed by atoms with van der Waals surface area (Å²) in [5, 5.41) is 12.0. The molecule has 0 aliphatic carbocycles. The first-order chi connectivity index (χ1) is 14.0. The van der Waals surface area contributed by atoms with Crippen LogP contribution in [0, 0.1) is 0 Å². The number of rotatable bonds is 8. The van der Waals surface area contributed by atoms with E-state index in [1.54, 1.807) is 52.0 Å². The number of carboxylic acids is 1. The highest BCUT2D eigenvalue weighted by Gasteiger charge is 2.39. The van der Waals surface area contributed by atoms with Crippen molar-refractivity contribution in [3.8, 4) is 0 Å². The first-order valence-electron chi connectivity index (χ1n) is 9.49. The van der Waals surface area contributed by atoms with Crippen molar-refractivity contribution < 1.29 is 24.0 Å². The molecule has 7 nitrogen and oxygen atoms in total. The van der Waals surface area contributed by atoms with Gasteiger partial charge in [0.05, 0.1) is 12.0 Å². The van der Waals surface area contributed by atoms with Gasteiger partial charge in [-0.1, -0.05) is 42.5 Å². The normalized spacial score (nSPS) is 14.4. The highest BCUT2D eigenvalue weighted by Crippen LogP contribution is 2.30. The number of ether oxygens (including phenoxy) is 1. The SMILES string of the molecule is CC(C)(C)[S@@+]([O-])N[C@@](C)(CC(=O)O)c1cccc(NC(=O)OCc2ccccc2)c1. The lowest BCUT2D eigenvalue weighted by Crippen LogP contribution is -2.50. The van der Waals surface area contributed by atoms with Crippen LogP contribution in [0.5, 0.6) is 0 Å². The minimum absolute atomic E-state index is 0.134. The molecule has 0 aromatic heterocycles. The van der Waals surface area contributed by atoms with Crippen molar-refractivity contribution >= 4 is 29.1 Å². The number of benzene rings is 2. The lowest BCUT2D eigenvalue weighted by Gasteiger charge is -2.34. The fraction of sp³-hybridized carbons (Fsp3) is 0.364. The molecule has 2 rings (SSSR count). The van der Waals surface area contributed by atoms with Crippen LogP contribution in [0.1, 0.15) is 45.2 Å². The molecule has 0 radical (unpaired) electrons. The number of hydrogen-bond acceptors (Lipinski definition) is 5. The van der Waals surface area contributed by atoms with E-state index in [2.05, 4.69) is 10.0 Å². The standard InChI is InChI=1S/C22H28N2O5S/c1-21(2,3)30(28)24-22(4,14-19(25)26)17-11-8-12-18(13-17)23-20(27)29-15-16-9-6-5-7-10-16/h5-13,24H,14-15H2,1-4H3,(H,23,27)(H,25,26)/t22-,30+/m0/s1. The molecule has 0 heterocycles. The lowest BCUT2D eigenvalue weighted by molar-refractivity contribution is -0.138. The number of carbonyl (C=O) groups is 2. The molecule has 2 aromatic carbocycles. The van der Waals surface area contributed by atoms with E-state index in [0.29, 0.717) is 11.3 Å². The van der Waals surface area contributed by atoms with Crippen molar-refractivity contribution in [3.63, 3.8) is 0 Å². The van der Waals surface area contributed by atoms with Crippen LogP contribution in [0.4, 0.5) is 10.5 Å². The lowest BCUT2D eigenvalue weighted by atomic mass is 9.89. The maximum absolute atomic E-state index is 12.6. The van der Waals surface area contributed by atoms with Crippen LogP contribution >= 0.6 is 0 Å². The number of anilines is 1. The summed E-state index contributed by atoms with van der Waals surface area (Å²) >= 11 is -1.49. The molecule has 0 spiro atoms. The van der Waals surface area contributed by atoms with Gasteiger partial charge in [0.15, 0.2) is 0 Å². The second kappa shape index (κ2) is 9.97. The average Bonchev–Trinajstić information content (AvgIpc) is 2.66. The Hall–Kier alpha value is -2.55. The number of hydrogen-bond donors (Lipinski definition) is 3. The molecular weight excluding hydrogens is 404 g/mol. The Morgan fingerprint density at radius 2 is 1.73 bits per heavy atom. The second-order valence-corrected chi connectivity index (χ2v) is 10.1. The Bertz CT molecular complexity index is 869. The molecule has 1 amide bonds. The molecule has 8 heteroatoms. The predicted octanol–water partition coefficient (Wildman–Crippen LogP) is 4.18. The molecule has 30 heavy (non-hydrogen) atoms. The van der Waals surface area contributed by atoms with E-state index in [1.165, 1.54) is 0 Å². The van der Waals surface area contributed by atoms with E-state index < -0.39 is 33.7 Å². The van der Waals surface area contributed by atoms with E-state index in [4.69, 9.17) is 4.74 Å². The summed E-state index contributed by atoms with van der Waals surface area (Å²) < 4.78 is 20.2. The fourth-order valence-electron chi connectivity index (χ4n) is 2.67. The van der Waals surface area contributed by atoms with Gasteiger partial charge in [0.2, 0.25) is 0 Å². The van der Waals surface area contributed by atoms with Gasteiger partial charge in [-0.2, -0.15) is 0 Å². The van der Waals surface area contributed by atoms with Gasteiger partial charge in [-0.25, -0.2) is 4.79 Å². The van der Waals surface area contributed by atoms with Crippen LogP contribution in [0.3, 0.4) is 0 Å². The van der Waals surface area contributed by atoms with Gasteiger partial charge in [0, 0.05) is 17.0 Å². The summed E-state index contributed by atoms with van der Waals surface area (Å²) in [6.07, 6.45) is -0.904. The predicted molar refractivity (Wildman–Crippen MR) is 117 cm³/mol. The van der Waals surface area contributed by atoms with E-state index in [0.717, 1.165) is 5.56 Å². The summed E-state index contributed by atoms with van der Waals surface area (Å²) in [5.74, 6) is -1.03. The van der Waals surface area contributed by atoms with Crippen molar-refractivity contribution in [1.29, 1.82) is 0 Å². The number of carbonyl (C=O) groups excluding carboxylic acids is 1. The van der Waals surface area contributed by atoms with Crippen LogP contribution in [0.2, 0.25) is 0 Å². The third-order valence-corrected chi connectivity index (χ3v) is 6.09. The van der Waals surface area contributed by atoms with Crippen molar-refractivity contribution in [2.24, 2.45) is 0 Å². The molecule has 0 bridgehead atoms. The summed E-state index contributed by atoms with van der Waals surface area (Å²) in [5.41, 5.74) is 0.800. The summed E-state index contributed by atoms with van der Waals surface area (Å²) in [6, 6.07) is 16.1. The van der Waals surface area contributed by atoms with Gasteiger partial charge in [-0.3, -0.25) is 10.1 Å².